The molecule has 3 heterocycles. The number of hydrogen-bond donors (Lipinski definition) is 2. The molecule has 2 N–H and O–H groups in total. The molecule has 2 fully saturated rings. The third kappa shape index (κ3) is 3.10. The quantitative estimate of drug-likeness (QED) is 0.867. The van der Waals surface area contributed by atoms with Gasteiger partial charge >= 0.3 is 5.97 Å². The van der Waals surface area contributed by atoms with Crippen molar-refractivity contribution in [3.05, 3.63) is 48.3 Å². The van der Waals surface area contributed by atoms with Crippen LogP contribution in [0.1, 0.15) is 24.8 Å². The lowest BCUT2D eigenvalue weighted by Gasteiger charge is -2.41. The highest BCUT2D eigenvalue weighted by Crippen LogP contribution is 2.37. The van der Waals surface area contributed by atoms with Crippen molar-refractivity contribution in [1.29, 1.82) is 0 Å². The minimum atomic E-state index is -0.874. The number of para-hydroxylation sites is 1. The van der Waals surface area contributed by atoms with Gasteiger partial charge in [-0.15, -0.1) is 0 Å². The number of benzene rings is 1. The van der Waals surface area contributed by atoms with Gasteiger partial charge in [0.2, 0.25) is 5.91 Å². The van der Waals surface area contributed by atoms with Crippen LogP contribution in [0.15, 0.2) is 42.7 Å². The molecule has 1 aromatic heterocycles. The highest BCUT2D eigenvalue weighted by molar-refractivity contribution is 5.88. The highest BCUT2D eigenvalue weighted by atomic mass is 16.4. The smallest absolute Gasteiger partial charge is 0.309 e. The molecule has 1 aromatic carbocycles. The van der Waals surface area contributed by atoms with Crippen LogP contribution in [-0.4, -0.2) is 50.3 Å². The topological polar surface area (TPSA) is 87.5 Å². The SMILES string of the molecule is O=C1C[C@H](C(=O)O)C2(CCN(Cc3cnn(-c4ccccc4)c3)CC2)N1. The summed E-state index contributed by atoms with van der Waals surface area (Å²) in [7, 11) is 0. The molecule has 2 saturated heterocycles. The summed E-state index contributed by atoms with van der Waals surface area (Å²) in [5.41, 5.74) is 1.57. The van der Waals surface area contributed by atoms with E-state index >= 15 is 0 Å². The summed E-state index contributed by atoms with van der Waals surface area (Å²) in [6.07, 6.45) is 5.33. The molecule has 0 aliphatic carbocycles. The Balaban J connectivity index is 1.39. The highest BCUT2D eigenvalue weighted by Gasteiger charge is 2.51. The Hall–Kier alpha value is -2.67. The normalized spacial score (nSPS) is 22.5. The maximum Gasteiger partial charge on any atom is 0.309 e. The second-order valence-corrected chi connectivity index (χ2v) is 7.20. The van der Waals surface area contributed by atoms with E-state index in [2.05, 4.69) is 15.3 Å². The Kier molecular flexibility index (Phi) is 4.24. The molecule has 136 valence electrons. The number of carboxylic acid groups (broad SMARTS) is 1. The number of aliphatic carboxylic acids is 1. The van der Waals surface area contributed by atoms with Gasteiger partial charge in [-0.05, 0) is 25.0 Å². The number of nitrogens with zero attached hydrogens (tertiary/aromatic N) is 3. The average Bonchev–Trinajstić information content (AvgIpc) is 3.23. The molecule has 4 rings (SSSR count). The second kappa shape index (κ2) is 6.57. The molecule has 1 atom stereocenters. The van der Waals surface area contributed by atoms with Crippen LogP contribution >= 0.6 is 0 Å². The molecule has 1 amide bonds. The molecule has 0 bridgehead atoms. The van der Waals surface area contributed by atoms with Gasteiger partial charge in [0.25, 0.3) is 0 Å². The lowest BCUT2D eigenvalue weighted by Crippen LogP contribution is -2.55. The Labute approximate surface area is 151 Å². The van der Waals surface area contributed by atoms with E-state index in [0.29, 0.717) is 12.8 Å². The van der Waals surface area contributed by atoms with Crippen LogP contribution in [0, 0.1) is 5.92 Å². The molecule has 7 heteroatoms. The number of amides is 1. The molecule has 1 spiro atoms. The van der Waals surface area contributed by atoms with Crippen LogP contribution in [0.2, 0.25) is 0 Å². The molecule has 2 aromatic rings. The Bertz CT molecular complexity index is 809. The zero-order valence-corrected chi connectivity index (χ0v) is 14.5. The largest absolute Gasteiger partial charge is 0.481 e. The summed E-state index contributed by atoms with van der Waals surface area (Å²) in [6.45, 7) is 2.30. The van der Waals surface area contributed by atoms with E-state index in [-0.39, 0.29) is 12.3 Å². The van der Waals surface area contributed by atoms with Gasteiger partial charge < -0.3 is 10.4 Å². The molecule has 26 heavy (non-hydrogen) atoms. The Morgan fingerprint density at radius 1 is 1.27 bits per heavy atom. The average molecular weight is 354 g/mol. The fourth-order valence-corrected chi connectivity index (χ4v) is 4.13. The molecule has 0 radical (unpaired) electrons. The van der Waals surface area contributed by atoms with Crippen LogP contribution in [0.3, 0.4) is 0 Å². The van der Waals surface area contributed by atoms with Crippen LogP contribution in [0.25, 0.3) is 5.69 Å². The van der Waals surface area contributed by atoms with E-state index in [1.54, 1.807) is 0 Å². The number of nitrogens with one attached hydrogen (secondary N) is 1. The lowest BCUT2D eigenvalue weighted by atomic mass is 9.77. The number of likely N-dealkylation sites (tertiary alicyclic amines) is 1. The standard InChI is InChI=1S/C19H22N4O3/c24-17-10-16(18(25)26)19(21-17)6-8-22(9-7-19)12-14-11-20-23(13-14)15-4-2-1-3-5-15/h1-5,11,13,16H,6-10,12H2,(H,21,24)(H,25,26)/t16-/m1/s1. The maximum atomic E-state index is 11.7. The van der Waals surface area contributed by atoms with E-state index in [1.807, 2.05) is 47.4 Å². The number of carboxylic acids is 1. The fraction of sp³-hybridized carbons (Fsp3) is 0.421. The van der Waals surface area contributed by atoms with Gasteiger partial charge in [-0.1, -0.05) is 18.2 Å². The first-order chi connectivity index (χ1) is 12.6. The fourth-order valence-electron chi connectivity index (χ4n) is 4.13. The summed E-state index contributed by atoms with van der Waals surface area (Å²) >= 11 is 0. The number of hydrogen-bond acceptors (Lipinski definition) is 4. The van der Waals surface area contributed by atoms with Gasteiger partial charge in [0.15, 0.2) is 0 Å². The van der Waals surface area contributed by atoms with E-state index in [9.17, 15) is 14.7 Å². The first kappa shape index (κ1) is 16.8. The van der Waals surface area contributed by atoms with Crippen molar-refractivity contribution in [3.63, 3.8) is 0 Å². The second-order valence-electron chi connectivity index (χ2n) is 7.20. The van der Waals surface area contributed by atoms with Gasteiger partial charge in [-0.3, -0.25) is 14.5 Å². The van der Waals surface area contributed by atoms with Crippen molar-refractivity contribution in [3.8, 4) is 5.69 Å². The van der Waals surface area contributed by atoms with Gasteiger partial charge in [0.1, 0.15) is 0 Å². The summed E-state index contributed by atoms with van der Waals surface area (Å²) in [5, 5.41) is 16.8. The van der Waals surface area contributed by atoms with E-state index in [1.165, 1.54) is 0 Å². The van der Waals surface area contributed by atoms with Gasteiger partial charge in [0, 0.05) is 37.8 Å². The van der Waals surface area contributed by atoms with Gasteiger partial charge in [-0.25, -0.2) is 4.68 Å². The van der Waals surface area contributed by atoms with Gasteiger partial charge in [-0.2, -0.15) is 5.10 Å². The third-order valence-electron chi connectivity index (χ3n) is 5.55. The number of rotatable bonds is 4. The monoisotopic (exact) mass is 354 g/mol. The van der Waals surface area contributed by atoms with Crippen molar-refractivity contribution in [1.82, 2.24) is 20.0 Å². The lowest BCUT2D eigenvalue weighted by molar-refractivity contribution is -0.144. The molecular weight excluding hydrogens is 332 g/mol. The van der Waals surface area contributed by atoms with E-state index in [0.717, 1.165) is 30.9 Å². The van der Waals surface area contributed by atoms with Crippen molar-refractivity contribution < 1.29 is 14.7 Å². The first-order valence-corrected chi connectivity index (χ1v) is 8.91. The van der Waals surface area contributed by atoms with Crippen LogP contribution < -0.4 is 5.32 Å². The molecule has 2 aliphatic heterocycles. The van der Waals surface area contributed by atoms with Gasteiger partial charge in [0.05, 0.1) is 23.3 Å². The summed E-state index contributed by atoms with van der Waals surface area (Å²) < 4.78 is 1.86. The zero-order chi connectivity index (χ0) is 18.1. The van der Waals surface area contributed by atoms with Crippen LogP contribution in [-0.2, 0) is 16.1 Å². The van der Waals surface area contributed by atoms with E-state index < -0.39 is 17.4 Å². The molecule has 2 aliphatic rings. The number of carbonyl (C=O) groups is 2. The summed E-state index contributed by atoms with van der Waals surface area (Å²) in [5.74, 6) is -1.63. The van der Waals surface area contributed by atoms with Crippen LogP contribution in [0.4, 0.5) is 0 Å². The zero-order valence-electron chi connectivity index (χ0n) is 14.5. The molecular formula is C19H22N4O3. The maximum absolute atomic E-state index is 11.7. The third-order valence-corrected chi connectivity index (χ3v) is 5.55. The predicted octanol–water partition coefficient (Wildman–Crippen LogP) is 1.43. The Morgan fingerprint density at radius 2 is 2.00 bits per heavy atom. The summed E-state index contributed by atoms with van der Waals surface area (Å²) in [4.78, 5) is 25.5. The molecule has 0 saturated carbocycles. The van der Waals surface area contributed by atoms with Crippen molar-refractivity contribution in [2.24, 2.45) is 5.92 Å². The molecule has 0 unspecified atom stereocenters. The van der Waals surface area contributed by atoms with Crippen molar-refractivity contribution >= 4 is 11.9 Å². The first-order valence-electron chi connectivity index (χ1n) is 8.91. The number of aromatic nitrogens is 2. The predicted molar refractivity (Wildman–Crippen MR) is 94.7 cm³/mol. The van der Waals surface area contributed by atoms with E-state index in [4.69, 9.17) is 0 Å². The summed E-state index contributed by atoms with van der Waals surface area (Å²) in [6, 6.07) is 9.96. The molecule has 7 nitrogen and oxygen atoms in total. The minimum absolute atomic E-state index is 0.0964. The van der Waals surface area contributed by atoms with Crippen molar-refractivity contribution in [2.75, 3.05) is 13.1 Å². The Morgan fingerprint density at radius 3 is 2.69 bits per heavy atom. The minimum Gasteiger partial charge on any atom is -0.481 e. The number of piperidine rings is 1. The van der Waals surface area contributed by atoms with Crippen molar-refractivity contribution in [2.45, 2.75) is 31.3 Å². The number of carbonyl (C=O) groups excluding carboxylic acids is 1. The van der Waals surface area contributed by atoms with Crippen LogP contribution in [0.5, 0.6) is 0 Å².